The molecule has 1 heterocycles. The highest BCUT2D eigenvalue weighted by Gasteiger charge is 2.25. The summed E-state index contributed by atoms with van der Waals surface area (Å²) in [5.74, 6) is 0.852. The van der Waals surface area contributed by atoms with Gasteiger partial charge < -0.3 is 14.3 Å². The van der Waals surface area contributed by atoms with Gasteiger partial charge in [-0.3, -0.25) is 0 Å². The number of rotatable bonds is 8. The third-order valence-electron chi connectivity index (χ3n) is 6.47. The summed E-state index contributed by atoms with van der Waals surface area (Å²) in [5, 5.41) is 8.93. The Kier molecular flexibility index (Phi) is 6.43. The van der Waals surface area contributed by atoms with Gasteiger partial charge in [-0.15, -0.1) is 0 Å². The minimum absolute atomic E-state index is 0.0443. The first-order valence-electron chi connectivity index (χ1n) is 11.7. The Labute approximate surface area is 199 Å². The highest BCUT2D eigenvalue weighted by molar-refractivity contribution is 5.68. The predicted molar refractivity (Wildman–Crippen MR) is 129 cm³/mol. The lowest BCUT2D eigenvalue weighted by atomic mass is 9.81. The number of fused-ring (bicyclic) bond motifs is 1. The normalized spacial score (nSPS) is 15.1. The lowest BCUT2D eigenvalue weighted by Crippen LogP contribution is -2.18. The predicted octanol–water partition coefficient (Wildman–Crippen LogP) is 5.67. The number of aliphatic carboxylic acids is 1. The topological polar surface area (TPSA) is 72.6 Å². The summed E-state index contributed by atoms with van der Waals surface area (Å²) in [6.07, 6.45) is 5.44. The van der Waals surface area contributed by atoms with E-state index in [0.717, 1.165) is 48.1 Å². The van der Waals surface area contributed by atoms with E-state index in [1.54, 1.807) is 6.26 Å². The van der Waals surface area contributed by atoms with Crippen LogP contribution >= 0.6 is 0 Å². The molecule has 0 saturated heterocycles. The first-order valence-corrected chi connectivity index (χ1v) is 11.7. The molecule has 5 nitrogen and oxygen atoms in total. The van der Waals surface area contributed by atoms with Crippen LogP contribution in [0.2, 0.25) is 0 Å². The second kappa shape index (κ2) is 9.96. The van der Waals surface area contributed by atoms with Crippen LogP contribution in [-0.4, -0.2) is 22.7 Å². The van der Waals surface area contributed by atoms with E-state index >= 15 is 0 Å². The Bertz CT molecular complexity index is 1210. The largest absolute Gasteiger partial charge is 0.482 e. The average molecular weight is 454 g/mol. The van der Waals surface area contributed by atoms with Gasteiger partial charge in [0.2, 0.25) is 5.89 Å². The van der Waals surface area contributed by atoms with Crippen molar-refractivity contribution in [1.82, 2.24) is 4.98 Å². The first kappa shape index (κ1) is 22.0. The molecule has 0 aliphatic heterocycles. The van der Waals surface area contributed by atoms with Gasteiger partial charge in [0.05, 0.1) is 11.6 Å². The van der Waals surface area contributed by atoms with Gasteiger partial charge >= 0.3 is 5.97 Å². The number of aromatic nitrogens is 1. The summed E-state index contributed by atoms with van der Waals surface area (Å²) in [4.78, 5) is 15.8. The molecule has 1 atom stereocenters. The van der Waals surface area contributed by atoms with E-state index in [1.807, 2.05) is 48.5 Å². The molecule has 1 unspecified atom stereocenters. The van der Waals surface area contributed by atoms with Crippen LogP contribution < -0.4 is 4.74 Å². The molecule has 1 aliphatic rings. The maximum atomic E-state index is 10.9. The Morgan fingerprint density at radius 1 is 1.00 bits per heavy atom. The zero-order chi connectivity index (χ0) is 23.3. The quantitative estimate of drug-likeness (QED) is 0.372. The smallest absolute Gasteiger partial charge is 0.341 e. The van der Waals surface area contributed by atoms with Gasteiger partial charge in [0.15, 0.2) is 6.61 Å². The second-order valence-electron chi connectivity index (χ2n) is 8.82. The zero-order valence-corrected chi connectivity index (χ0v) is 18.9. The number of carbonyl (C=O) groups is 1. The Morgan fingerprint density at radius 2 is 1.71 bits per heavy atom. The van der Waals surface area contributed by atoms with E-state index < -0.39 is 5.97 Å². The molecular weight excluding hydrogens is 426 g/mol. The first-order chi connectivity index (χ1) is 16.7. The summed E-state index contributed by atoms with van der Waals surface area (Å²) in [5.41, 5.74) is 5.65. The molecule has 0 radical (unpaired) electrons. The summed E-state index contributed by atoms with van der Waals surface area (Å²) in [7, 11) is 0. The van der Waals surface area contributed by atoms with E-state index in [2.05, 4.69) is 30.3 Å². The van der Waals surface area contributed by atoms with Crippen molar-refractivity contribution in [2.75, 3.05) is 6.61 Å². The molecule has 4 aromatic rings. The fraction of sp³-hybridized carbons (Fsp3) is 0.241. The van der Waals surface area contributed by atoms with E-state index in [-0.39, 0.29) is 12.5 Å². The number of hydrogen-bond donors (Lipinski definition) is 1. The summed E-state index contributed by atoms with van der Waals surface area (Å²) < 4.78 is 11.5. The highest BCUT2D eigenvalue weighted by atomic mass is 16.5. The average Bonchev–Trinajstić information content (AvgIpc) is 3.31. The summed E-state index contributed by atoms with van der Waals surface area (Å²) in [6, 6.07) is 26.6. The van der Waals surface area contributed by atoms with Crippen LogP contribution in [0.4, 0.5) is 0 Å². The van der Waals surface area contributed by atoms with E-state index in [4.69, 9.17) is 19.2 Å². The standard InChI is InChI=1S/C29H27NO4/c31-27(32)19-33-26-13-7-12-23-16-20(14-15-25(23)26)17-24-18-34-29(30-24)28(21-8-3-1-4-9-21)22-10-5-2-6-11-22/h1-13,18,20,28H,14-17,19H2,(H,31,32). The van der Waals surface area contributed by atoms with Gasteiger partial charge in [-0.2, -0.15) is 0 Å². The van der Waals surface area contributed by atoms with Crippen molar-refractivity contribution < 1.29 is 19.1 Å². The lowest BCUT2D eigenvalue weighted by molar-refractivity contribution is -0.139. The molecule has 172 valence electrons. The van der Waals surface area contributed by atoms with E-state index in [9.17, 15) is 4.79 Å². The number of carboxylic acid groups (broad SMARTS) is 1. The molecule has 0 bridgehead atoms. The van der Waals surface area contributed by atoms with Crippen LogP contribution in [-0.2, 0) is 24.1 Å². The molecule has 1 aromatic heterocycles. The number of carboxylic acids is 1. The minimum atomic E-state index is -0.961. The lowest BCUT2D eigenvalue weighted by Gasteiger charge is -2.25. The Morgan fingerprint density at radius 3 is 2.38 bits per heavy atom. The van der Waals surface area contributed by atoms with Gasteiger partial charge in [0.1, 0.15) is 12.0 Å². The van der Waals surface area contributed by atoms with Crippen molar-refractivity contribution in [3.8, 4) is 5.75 Å². The third-order valence-corrected chi connectivity index (χ3v) is 6.47. The third kappa shape index (κ3) is 4.88. The molecule has 5 heteroatoms. The van der Waals surface area contributed by atoms with Gasteiger partial charge in [-0.1, -0.05) is 72.8 Å². The fourth-order valence-electron chi connectivity index (χ4n) is 4.91. The number of oxazole rings is 1. The van der Waals surface area contributed by atoms with Gasteiger partial charge in [-0.05, 0) is 59.9 Å². The van der Waals surface area contributed by atoms with Gasteiger partial charge in [-0.25, -0.2) is 9.78 Å². The van der Waals surface area contributed by atoms with Crippen LogP contribution in [0.25, 0.3) is 0 Å². The molecule has 0 fully saturated rings. The maximum absolute atomic E-state index is 10.9. The molecule has 0 spiro atoms. The van der Waals surface area contributed by atoms with Crippen LogP contribution in [0.1, 0.15) is 46.2 Å². The number of nitrogens with zero attached hydrogens (tertiary/aromatic N) is 1. The van der Waals surface area contributed by atoms with Crippen molar-refractivity contribution in [2.45, 2.75) is 31.6 Å². The highest BCUT2D eigenvalue weighted by Crippen LogP contribution is 2.35. The van der Waals surface area contributed by atoms with Crippen molar-refractivity contribution in [2.24, 2.45) is 5.92 Å². The SMILES string of the molecule is O=C(O)COc1cccc2c1CCC(Cc1coc(C(c3ccccc3)c3ccccc3)n1)C2. The van der Waals surface area contributed by atoms with Crippen molar-refractivity contribution in [1.29, 1.82) is 0 Å². The van der Waals surface area contributed by atoms with Crippen LogP contribution in [0, 0.1) is 5.92 Å². The monoisotopic (exact) mass is 453 g/mol. The molecule has 1 aliphatic carbocycles. The van der Waals surface area contributed by atoms with Crippen LogP contribution in [0.15, 0.2) is 89.5 Å². The molecule has 0 amide bonds. The maximum Gasteiger partial charge on any atom is 0.341 e. The molecule has 5 rings (SSSR count). The zero-order valence-electron chi connectivity index (χ0n) is 18.9. The second-order valence-corrected chi connectivity index (χ2v) is 8.82. The van der Waals surface area contributed by atoms with E-state index in [1.165, 1.54) is 5.56 Å². The molecule has 1 N–H and O–H groups in total. The number of benzene rings is 3. The Hall–Kier alpha value is -3.86. The molecule has 3 aromatic carbocycles. The fourth-order valence-corrected chi connectivity index (χ4v) is 4.91. The van der Waals surface area contributed by atoms with Gasteiger partial charge in [0, 0.05) is 0 Å². The van der Waals surface area contributed by atoms with Crippen molar-refractivity contribution >= 4 is 5.97 Å². The van der Waals surface area contributed by atoms with Crippen molar-refractivity contribution in [3.63, 3.8) is 0 Å². The van der Waals surface area contributed by atoms with E-state index in [0.29, 0.717) is 17.6 Å². The Balaban J connectivity index is 1.33. The molecule has 0 saturated carbocycles. The van der Waals surface area contributed by atoms with Crippen LogP contribution in [0.3, 0.4) is 0 Å². The van der Waals surface area contributed by atoms with Gasteiger partial charge in [0.25, 0.3) is 0 Å². The molecular formula is C29H27NO4. The molecule has 34 heavy (non-hydrogen) atoms. The number of ether oxygens (including phenoxy) is 1. The minimum Gasteiger partial charge on any atom is -0.482 e. The van der Waals surface area contributed by atoms with Crippen molar-refractivity contribution in [3.05, 3.63) is 119 Å². The van der Waals surface area contributed by atoms with Crippen LogP contribution in [0.5, 0.6) is 5.75 Å². The summed E-state index contributed by atoms with van der Waals surface area (Å²) >= 11 is 0. The number of hydrogen-bond acceptors (Lipinski definition) is 4. The summed E-state index contributed by atoms with van der Waals surface area (Å²) in [6.45, 7) is -0.314.